The highest BCUT2D eigenvalue weighted by Gasteiger charge is 2.47. The summed E-state index contributed by atoms with van der Waals surface area (Å²) in [7, 11) is 0. The molecule has 172 valence electrons. The van der Waals surface area contributed by atoms with E-state index in [9.17, 15) is 4.79 Å². The van der Waals surface area contributed by atoms with E-state index in [1.54, 1.807) is 16.2 Å². The molecule has 2 aromatic carbocycles. The molecule has 6 rings (SSSR count). The first-order valence-electron chi connectivity index (χ1n) is 11.8. The number of para-hydroxylation sites is 1. The Labute approximate surface area is 199 Å². The van der Waals surface area contributed by atoms with E-state index in [4.69, 9.17) is 9.47 Å². The summed E-state index contributed by atoms with van der Waals surface area (Å²) < 4.78 is 13.2. The molecule has 0 aliphatic carbocycles. The third-order valence-corrected chi connectivity index (χ3v) is 7.76. The maximum atomic E-state index is 13.4. The van der Waals surface area contributed by atoms with E-state index >= 15 is 0 Å². The molecule has 1 atom stereocenters. The zero-order valence-corrected chi connectivity index (χ0v) is 19.7. The molecule has 3 aromatic rings. The van der Waals surface area contributed by atoms with E-state index in [1.165, 1.54) is 0 Å². The molecule has 3 saturated heterocycles. The van der Waals surface area contributed by atoms with Gasteiger partial charge in [-0.15, -0.1) is 0 Å². The average Bonchev–Trinajstić information content (AvgIpc) is 3.39. The number of carbonyl (C=O) groups excluding carboxylic acids is 1. The van der Waals surface area contributed by atoms with Crippen LogP contribution in [0, 0.1) is 5.92 Å². The summed E-state index contributed by atoms with van der Waals surface area (Å²) in [5.41, 5.74) is 1.99. The zero-order valence-electron chi connectivity index (χ0n) is 18.8. The minimum atomic E-state index is -0.241. The molecule has 3 aliphatic heterocycles. The first-order valence-corrected chi connectivity index (χ1v) is 12.7. The van der Waals surface area contributed by atoms with Gasteiger partial charge in [-0.1, -0.05) is 48.5 Å². The predicted octanol–water partition coefficient (Wildman–Crippen LogP) is 5.58. The van der Waals surface area contributed by atoms with Crippen LogP contribution in [0.4, 0.5) is 10.5 Å². The standard InChI is InChI=1S/C27H31N2O3S/c30-27(28(24-13-18-33-21-24)19-22-7-3-1-4-8-22)32-26-20-29(14-11-23(26)12-15-29)16-17-31-25-9-5-2-6-10-25/h1-10,13,18,21,23,26H,11-12,14-17,19-20H2/q+1/t23?,26-,29?/m0/s1. The summed E-state index contributed by atoms with van der Waals surface area (Å²) in [6.07, 6.45) is 1.95. The number of hydrogen-bond donors (Lipinski definition) is 0. The van der Waals surface area contributed by atoms with E-state index in [0.717, 1.165) is 60.5 Å². The Balaban J connectivity index is 1.23. The van der Waals surface area contributed by atoms with E-state index in [0.29, 0.717) is 19.1 Å². The van der Waals surface area contributed by atoms with Crippen LogP contribution in [-0.4, -0.2) is 49.5 Å². The van der Waals surface area contributed by atoms with Crippen molar-refractivity contribution in [2.45, 2.75) is 25.5 Å². The average molecular weight is 464 g/mol. The second kappa shape index (κ2) is 9.98. The fourth-order valence-electron chi connectivity index (χ4n) is 5.17. The Morgan fingerprint density at radius 1 is 1.00 bits per heavy atom. The normalized spacial score (nSPS) is 23.8. The Kier molecular flexibility index (Phi) is 6.65. The molecule has 1 aromatic heterocycles. The molecular weight excluding hydrogens is 432 g/mol. The quantitative estimate of drug-likeness (QED) is 0.410. The fraction of sp³-hybridized carbons (Fsp3) is 0.370. The zero-order chi connectivity index (χ0) is 22.5. The molecule has 0 unspecified atom stereocenters. The van der Waals surface area contributed by atoms with Crippen molar-refractivity contribution in [3.63, 3.8) is 0 Å². The Morgan fingerprint density at radius 3 is 2.42 bits per heavy atom. The number of ether oxygens (including phenoxy) is 2. The smallest absolute Gasteiger partial charge is 0.415 e. The fourth-order valence-corrected chi connectivity index (χ4v) is 5.82. The topological polar surface area (TPSA) is 38.8 Å². The molecule has 0 N–H and O–H groups in total. The van der Waals surface area contributed by atoms with Gasteiger partial charge in [0.05, 0.1) is 25.3 Å². The van der Waals surface area contributed by atoms with Crippen LogP contribution in [-0.2, 0) is 11.3 Å². The van der Waals surface area contributed by atoms with Crippen molar-refractivity contribution in [3.8, 4) is 5.75 Å². The lowest BCUT2D eigenvalue weighted by Crippen LogP contribution is -2.65. The van der Waals surface area contributed by atoms with Crippen molar-refractivity contribution < 1.29 is 18.8 Å². The highest BCUT2D eigenvalue weighted by atomic mass is 32.1. The number of benzene rings is 2. The lowest BCUT2D eigenvalue weighted by Gasteiger charge is -2.52. The van der Waals surface area contributed by atoms with Gasteiger partial charge < -0.3 is 14.0 Å². The maximum Gasteiger partial charge on any atom is 0.415 e. The van der Waals surface area contributed by atoms with E-state index < -0.39 is 0 Å². The SMILES string of the molecule is O=C(O[C@H]1C[N+]2(CCOc3ccccc3)CCC1CC2)N(Cc1ccccc1)c1ccsc1. The van der Waals surface area contributed by atoms with E-state index in [-0.39, 0.29) is 12.2 Å². The Hall–Kier alpha value is -2.83. The highest BCUT2D eigenvalue weighted by Crippen LogP contribution is 2.36. The number of rotatable bonds is 8. The molecule has 0 saturated carbocycles. The minimum absolute atomic E-state index is 0.0337. The largest absolute Gasteiger partial charge is 0.488 e. The van der Waals surface area contributed by atoms with Crippen molar-refractivity contribution in [1.82, 2.24) is 0 Å². The van der Waals surface area contributed by atoms with Crippen LogP contribution in [0.15, 0.2) is 77.5 Å². The number of hydrogen-bond acceptors (Lipinski definition) is 4. The van der Waals surface area contributed by atoms with Gasteiger partial charge in [0.25, 0.3) is 0 Å². The van der Waals surface area contributed by atoms with Crippen LogP contribution in [0.25, 0.3) is 0 Å². The number of carbonyl (C=O) groups is 1. The predicted molar refractivity (Wildman–Crippen MR) is 132 cm³/mol. The summed E-state index contributed by atoms with van der Waals surface area (Å²) in [5.74, 6) is 1.38. The Bertz CT molecular complexity index is 1020. The number of thiophene rings is 1. The van der Waals surface area contributed by atoms with Crippen LogP contribution in [0.3, 0.4) is 0 Å². The van der Waals surface area contributed by atoms with E-state index in [2.05, 4.69) is 0 Å². The molecule has 3 fully saturated rings. The number of nitrogens with zero attached hydrogens (tertiary/aromatic N) is 2. The molecule has 5 nitrogen and oxygen atoms in total. The van der Waals surface area contributed by atoms with Crippen LogP contribution in [0.5, 0.6) is 5.75 Å². The summed E-state index contributed by atoms with van der Waals surface area (Å²) in [6.45, 7) is 5.33. The number of fused-ring (bicyclic) bond motifs is 3. The van der Waals surface area contributed by atoms with Gasteiger partial charge in [0, 0.05) is 24.1 Å². The molecule has 33 heavy (non-hydrogen) atoms. The van der Waals surface area contributed by atoms with Crippen LogP contribution < -0.4 is 9.64 Å². The van der Waals surface area contributed by atoms with Gasteiger partial charge in [-0.05, 0) is 29.1 Å². The number of quaternary nitrogens is 1. The first-order chi connectivity index (χ1) is 16.2. The monoisotopic (exact) mass is 463 g/mol. The van der Waals surface area contributed by atoms with Crippen LogP contribution >= 0.6 is 11.3 Å². The number of anilines is 1. The van der Waals surface area contributed by atoms with Gasteiger partial charge in [-0.3, -0.25) is 4.90 Å². The van der Waals surface area contributed by atoms with Crippen molar-refractivity contribution >= 4 is 23.1 Å². The van der Waals surface area contributed by atoms with Gasteiger partial charge in [0.1, 0.15) is 25.4 Å². The maximum absolute atomic E-state index is 13.4. The van der Waals surface area contributed by atoms with Crippen LogP contribution in [0.2, 0.25) is 0 Å². The lowest BCUT2D eigenvalue weighted by atomic mass is 9.83. The van der Waals surface area contributed by atoms with Gasteiger partial charge in [-0.2, -0.15) is 11.3 Å². The molecular formula is C27H31N2O3S+. The molecule has 4 heterocycles. The molecule has 0 radical (unpaired) electrons. The highest BCUT2D eigenvalue weighted by molar-refractivity contribution is 7.08. The van der Waals surface area contributed by atoms with Gasteiger partial charge in [0.15, 0.2) is 6.10 Å². The molecule has 1 amide bonds. The van der Waals surface area contributed by atoms with E-state index in [1.807, 2.05) is 77.5 Å². The third-order valence-electron chi connectivity index (χ3n) is 7.09. The summed E-state index contributed by atoms with van der Waals surface area (Å²) in [4.78, 5) is 15.1. The van der Waals surface area contributed by atoms with Gasteiger partial charge in [-0.25, -0.2) is 4.79 Å². The summed E-state index contributed by atoms with van der Waals surface area (Å²) in [6, 6.07) is 22.1. The van der Waals surface area contributed by atoms with Crippen molar-refractivity contribution in [1.29, 1.82) is 0 Å². The Morgan fingerprint density at radius 2 is 1.73 bits per heavy atom. The molecule has 6 heteroatoms. The van der Waals surface area contributed by atoms with Gasteiger partial charge >= 0.3 is 6.09 Å². The summed E-state index contributed by atoms with van der Waals surface area (Å²) >= 11 is 1.59. The molecule has 3 aliphatic rings. The first kappa shape index (κ1) is 22.0. The molecule has 0 spiro atoms. The van der Waals surface area contributed by atoms with Gasteiger partial charge in [0.2, 0.25) is 0 Å². The van der Waals surface area contributed by atoms with Crippen molar-refractivity contribution in [2.75, 3.05) is 37.7 Å². The third kappa shape index (κ3) is 5.23. The lowest BCUT2D eigenvalue weighted by molar-refractivity contribution is -0.946. The number of piperidine rings is 3. The minimum Gasteiger partial charge on any atom is -0.488 e. The second-order valence-corrected chi connectivity index (χ2v) is 9.95. The van der Waals surface area contributed by atoms with Crippen molar-refractivity contribution in [2.24, 2.45) is 5.92 Å². The second-order valence-electron chi connectivity index (χ2n) is 9.17. The molecule has 2 bridgehead atoms. The van der Waals surface area contributed by atoms with Crippen LogP contribution in [0.1, 0.15) is 18.4 Å². The van der Waals surface area contributed by atoms with Crippen molar-refractivity contribution in [3.05, 3.63) is 83.1 Å². The summed E-state index contributed by atoms with van der Waals surface area (Å²) in [5, 5.41) is 4.01. The number of amides is 1.